The maximum atomic E-state index is 11.7. The molecule has 1 aliphatic carbocycles. The van der Waals surface area contributed by atoms with E-state index in [0.717, 1.165) is 12.2 Å². The zero-order valence-corrected chi connectivity index (χ0v) is 10.3. The molecule has 0 saturated heterocycles. The van der Waals surface area contributed by atoms with Crippen LogP contribution >= 0.6 is 0 Å². The van der Waals surface area contributed by atoms with Crippen molar-refractivity contribution in [2.45, 2.75) is 20.8 Å². The van der Waals surface area contributed by atoms with Crippen LogP contribution in [-0.4, -0.2) is 24.6 Å². The monoisotopic (exact) mass is 237 g/mol. The van der Waals surface area contributed by atoms with Gasteiger partial charge in [-0.05, 0) is 0 Å². The van der Waals surface area contributed by atoms with Crippen molar-refractivity contribution in [2.75, 3.05) is 7.11 Å². The van der Waals surface area contributed by atoms with Crippen LogP contribution in [0, 0.1) is 5.41 Å². The van der Waals surface area contributed by atoms with Crippen LogP contribution in [0.4, 0.5) is 0 Å². The van der Waals surface area contributed by atoms with E-state index in [1.54, 1.807) is 20.8 Å². The fourth-order valence-electron chi connectivity index (χ4n) is 1.13. The van der Waals surface area contributed by atoms with Crippen molar-refractivity contribution in [1.82, 2.24) is 5.32 Å². The quantitative estimate of drug-likeness (QED) is 0.718. The van der Waals surface area contributed by atoms with E-state index < -0.39 is 11.2 Å². The molecule has 1 aliphatic rings. The number of Topliss-reactive ketones (excluding diaryl/α,β-unsaturated/α-hetero) is 1. The highest BCUT2D eigenvalue weighted by molar-refractivity contribution is 6.20. The van der Waals surface area contributed by atoms with Crippen LogP contribution < -0.4 is 5.32 Å². The van der Waals surface area contributed by atoms with Crippen LogP contribution in [0.1, 0.15) is 20.8 Å². The minimum absolute atomic E-state index is 0.0470. The lowest BCUT2D eigenvalue weighted by molar-refractivity contribution is -0.129. The standard InChI is InChI=1S/C12H15NO4/c1-12(2,3)11(16)13-8-5-7(14)6-9(17-4)10(8)15/h5-6H,1-4H3,(H,13,16). The molecule has 0 aliphatic heterocycles. The first-order valence-corrected chi connectivity index (χ1v) is 5.13. The summed E-state index contributed by atoms with van der Waals surface area (Å²) in [6.07, 6.45) is 2.18. The highest BCUT2D eigenvalue weighted by Crippen LogP contribution is 2.16. The smallest absolute Gasteiger partial charge is 0.244 e. The van der Waals surface area contributed by atoms with Gasteiger partial charge in [-0.3, -0.25) is 14.4 Å². The maximum absolute atomic E-state index is 11.7. The lowest BCUT2D eigenvalue weighted by Crippen LogP contribution is -2.38. The Morgan fingerprint density at radius 1 is 1.24 bits per heavy atom. The van der Waals surface area contributed by atoms with Gasteiger partial charge in [0.25, 0.3) is 0 Å². The van der Waals surface area contributed by atoms with E-state index in [0.29, 0.717) is 0 Å². The van der Waals surface area contributed by atoms with Crippen LogP contribution in [0.25, 0.3) is 0 Å². The molecule has 0 aromatic heterocycles. The third-order valence-electron chi connectivity index (χ3n) is 2.18. The number of ether oxygens (including phenoxy) is 1. The Bertz CT molecular complexity index is 438. The number of methoxy groups -OCH3 is 1. The SMILES string of the molecule is COC1=CC(=O)C=C(NC(=O)C(C)(C)C)C1=O. The summed E-state index contributed by atoms with van der Waals surface area (Å²) >= 11 is 0. The lowest BCUT2D eigenvalue weighted by atomic mass is 9.95. The molecule has 5 heteroatoms. The zero-order valence-electron chi connectivity index (χ0n) is 10.3. The predicted molar refractivity (Wildman–Crippen MR) is 60.8 cm³/mol. The first-order valence-electron chi connectivity index (χ1n) is 5.13. The van der Waals surface area contributed by atoms with Crippen LogP contribution in [-0.2, 0) is 19.1 Å². The van der Waals surface area contributed by atoms with Gasteiger partial charge < -0.3 is 10.1 Å². The fourth-order valence-corrected chi connectivity index (χ4v) is 1.13. The molecule has 0 spiro atoms. The molecule has 0 saturated carbocycles. The summed E-state index contributed by atoms with van der Waals surface area (Å²) in [6.45, 7) is 5.14. The van der Waals surface area contributed by atoms with Crippen molar-refractivity contribution in [3.05, 3.63) is 23.6 Å². The molecule has 0 aromatic carbocycles. The number of hydrogen-bond donors (Lipinski definition) is 1. The number of amides is 1. The second kappa shape index (κ2) is 4.53. The van der Waals surface area contributed by atoms with Gasteiger partial charge in [-0.25, -0.2) is 0 Å². The van der Waals surface area contributed by atoms with Crippen LogP contribution in [0.5, 0.6) is 0 Å². The fraction of sp³-hybridized carbons (Fsp3) is 0.417. The van der Waals surface area contributed by atoms with Crippen molar-refractivity contribution >= 4 is 17.5 Å². The molecule has 0 fully saturated rings. The van der Waals surface area contributed by atoms with E-state index >= 15 is 0 Å². The van der Waals surface area contributed by atoms with Gasteiger partial charge in [0.1, 0.15) is 0 Å². The number of carbonyl (C=O) groups excluding carboxylic acids is 3. The Hall–Kier alpha value is -1.91. The molecule has 0 unspecified atom stereocenters. The molecule has 0 radical (unpaired) electrons. The third kappa shape index (κ3) is 3.03. The number of carbonyl (C=O) groups is 3. The van der Waals surface area contributed by atoms with E-state index in [1.165, 1.54) is 7.11 Å². The van der Waals surface area contributed by atoms with Crippen LogP contribution in [0.2, 0.25) is 0 Å². The second-order valence-electron chi connectivity index (χ2n) is 4.71. The Balaban J connectivity index is 2.90. The average molecular weight is 237 g/mol. The average Bonchev–Trinajstić information content (AvgIpc) is 2.21. The van der Waals surface area contributed by atoms with Crippen molar-refractivity contribution in [2.24, 2.45) is 5.41 Å². The number of hydrogen-bond acceptors (Lipinski definition) is 4. The van der Waals surface area contributed by atoms with E-state index in [2.05, 4.69) is 5.32 Å². The highest BCUT2D eigenvalue weighted by Gasteiger charge is 2.28. The summed E-state index contributed by atoms with van der Waals surface area (Å²) in [5.41, 5.74) is -0.687. The molecular weight excluding hydrogens is 222 g/mol. The Labute approximate surface area is 99.5 Å². The highest BCUT2D eigenvalue weighted by atomic mass is 16.5. The molecule has 0 bridgehead atoms. The Morgan fingerprint density at radius 2 is 1.82 bits per heavy atom. The molecule has 92 valence electrons. The van der Waals surface area contributed by atoms with E-state index in [-0.39, 0.29) is 23.1 Å². The first-order chi connectivity index (χ1) is 7.75. The van der Waals surface area contributed by atoms with Crippen molar-refractivity contribution in [1.29, 1.82) is 0 Å². The molecule has 5 nitrogen and oxygen atoms in total. The number of rotatable bonds is 2. The van der Waals surface area contributed by atoms with Crippen molar-refractivity contribution in [3.63, 3.8) is 0 Å². The molecule has 17 heavy (non-hydrogen) atoms. The van der Waals surface area contributed by atoms with Crippen molar-refractivity contribution in [3.8, 4) is 0 Å². The minimum atomic E-state index is -0.640. The Kier molecular flexibility index (Phi) is 3.50. The Morgan fingerprint density at radius 3 is 2.29 bits per heavy atom. The zero-order chi connectivity index (χ0) is 13.2. The van der Waals surface area contributed by atoms with Crippen LogP contribution in [0.15, 0.2) is 23.6 Å². The summed E-state index contributed by atoms with van der Waals surface area (Å²) in [4.78, 5) is 34.7. The van der Waals surface area contributed by atoms with E-state index in [4.69, 9.17) is 4.74 Å². The molecule has 0 aromatic rings. The number of nitrogens with one attached hydrogen (secondary N) is 1. The van der Waals surface area contributed by atoms with Crippen LogP contribution in [0.3, 0.4) is 0 Å². The summed E-state index contributed by atoms with van der Waals surface area (Å²) in [5.74, 6) is -1.28. The summed E-state index contributed by atoms with van der Waals surface area (Å²) in [7, 11) is 1.30. The number of ketones is 2. The second-order valence-corrected chi connectivity index (χ2v) is 4.71. The van der Waals surface area contributed by atoms with E-state index in [1.807, 2.05) is 0 Å². The molecule has 0 heterocycles. The predicted octanol–water partition coefficient (Wildman–Crippen LogP) is 0.715. The van der Waals surface area contributed by atoms with Gasteiger partial charge in [-0.2, -0.15) is 0 Å². The van der Waals surface area contributed by atoms with Gasteiger partial charge in [0, 0.05) is 17.6 Å². The first kappa shape index (κ1) is 13.2. The molecule has 0 atom stereocenters. The number of allylic oxidation sites excluding steroid dienone is 2. The summed E-state index contributed by atoms with van der Waals surface area (Å²) in [5, 5.41) is 2.43. The summed E-state index contributed by atoms with van der Waals surface area (Å²) < 4.78 is 4.77. The van der Waals surface area contributed by atoms with Gasteiger partial charge in [-0.1, -0.05) is 20.8 Å². The van der Waals surface area contributed by atoms with Gasteiger partial charge in [-0.15, -0.1) is 0 Å². The topological polar surface area (TPSA) is 72.5 Å². The summed E-state index contributed by atoms with van der Waals surface area (Å²) in [6, 6.07) is 0. The van der Waals surface area contributed by atoms with Crippen molar-refractivity contribution < 1.29 is 19.1 Å². The molecule has 1 rings (SSSR count). The molecular formula is C12H15NO4. The van der Waals surface area contributed by atoms with Gasteiger partial charge in [0.15, 0.2) is 11.5 Å². The van der Waals surface area contributed by atoms with Gasteiger partial charge in [0.05, 0.1) is 12.8 Å². The third-order valence-corrected chi connectivity index (χ3v) is 2.18. The minimum Gasteiger partial charge on any atom is -0.492 e. The molecule has 1 N–H and O–H groups in total. The van der Waals surface area contributed by atoms with Gasteiger partial charge >= 0.3 is 0 Å². The van der Waals surface area contributed by atoms with Gasteiger partial charge in [0.2, 0.25) is 11.7 Å². The largest absolute Gasteiger partial charge is 0.492 e. The maximum Gasteiger partial charge on any atom is 0.244 e. The van der Waals surface area contributed by atoms with E-state index in [9.17, 15) is 14.4 Å². The lowest BCUT2D eigenvalue weighted by Gasteiger charge is -2.20. The molecule has 1 amide bonds. The normalized spacial score (nSPS) is 16.2.